The van der Waals surface area contributed by atoms with Crippen molar-refractivity contribution in [2.75, 3.05) is 32.7 Å². The van der Waals surface area contributed by atoms with Gasteiger partial charge in [0.25, 0.3) is 11.5 Å². The van der Waals surface area contributed by atoms with Gasteiger partial charge in [0.15, 0.2) is 5.57 Å². The average molecular weight is 477 g/mol. The Morgan fingerprint density at radius 1 is 1.15 bits per heavy atom. The van der Waals surface area contributed by atoms with Crippen molar-refractivity contribution in [1.82, 2.24) is 14.4 Å². The minimum atomic E-state index is -0.436. The summed E-state index contributed by atoms with van der Waals surface area (Å²) in [5.74, 6) is -0.827. The number of benzene rings is 2. The van der Waals surface area contributed by atoms with Crippen LogP contribution in [0.15, 0.2) is 53.3 Å². The first-order valence-electron chi connectivity index (χ1n) is 11.1. The molecule has 3 aromatic rings. The molecular formula is C26H25FN4O2S. The number of halogens is 1. The van der Waals surface area contributed by atoms with Crippen LogP contribution in [0.25, 0.3) is 17.3 Å². The topological polar surface area (TPSA) is 69.3 Å². The molecule has 0 radical (unpaired) electrons. The summed E-state index contributed by atoms with van der Waals surface area (Å²) >= 11 is 1.10. The Hall–Kier alpha value is -3.54. The van der Waals surface area contributed by atoms with Crippen molar-refractivity contribution in [2.45, 2.75) is 13.8 Å². The summed E-state index contributed by atoms with van der Waals surface area (Å²) in [4.78, 5) is 30.7. The molecule has 0 spiro atoms. The first kappa shape index (κ1) is 23.6. The van der Waals surface area contributed by atoms with E-state index >= 15 is 0 Å². The maximum absolute atomic E-state index is 13.6. The van der Waals surface area contributed by atoms with Crippen LogP contribution in [0, 0.1) is 24.1 Å². The Morgan fingerprint density at radius 2 is 1.85 bits per heavy atom. The van der Waals surface area contributed by atoms with Crippen LogP contribution in [0.3, 0.4) is 0 Å². The van der Waals surface area contributed by atoms with Crippen molar-refractivity contribution in [1.29, 1.82) is 5.26 Å². The maximum Gasteiger partial charge on any atom is 0.273 e. The fourth-order valence-electron chi connectivity index (χ4n) is 4.00. The summed E-state index contributed by atoms with van der Waals surface area (Å²) in [6, 6.07) is 15.2. The average Bonchev–Trinajstić information content (AvgIpc) is 3.15. The van der Waals surface area contributed by atoms with E-state index in [0.29, 0.717) is 23.3 Å². The predicted octanol–water partition coefficient (Wildman–Crippen LogP) is 2.01. The van der Waals surface area contributed by atoms with Gasteiger partial charge >= 0.3 is 0 Å². The third-order valence-corrected chi connectivity index (χ3v) is 6.99. The highest BCUT2D eigenvalue weighted by Gasteiger charge is 2.25. The number of hydrogen-bond donors (Lipinski definition) is 0. The van der Waals surface area contributed by atoms with E-state index in [1.54, 1.807) is 11.0 Å². The lowest BCUT2D eigenvalue weighted by molar-refractivity contribution is -0.126. The minimum absolute atomic E-state index is 0.0831. The van der Waals surface area contributed by atoms with Crippen LogP contribution in [0.4, 0.5) is 4.39 Å². The Labute approximate surface area is 201 Å². The van der Waals surface area contributed by atoms with Gasteiger partial charge in [0, 0.05) is 26.2 Å². The van der Waals surface area contributed by atoms with Gasteiger partial charge in [0.05, 0.1) is 10.2 Å². The fraction of sp³-hybridized carbons (Fsp3) is 0.269. The summed E-state index contributed by atoms with van der Waals surface area (Å²) in [6.07, 6.45) is 1.75. The monoisotopic (exact) mass is 476 g/mol. The van der Waals surface area contributed by atoms with Gasteiger partial charge in [-0.15, -0.1) is 11.3 Å². The van der Waals surface area contributed by atoms with Crippen molar-refractivity contribution < 1.29 is 9.18 Å². The van der Waals surface area contributed by atoms with Gasteiger partial charge in [-0.25, -0.2) is 4.39 Å². The number of nitriles is 1. The second kappa shape index (κ2) is 10.2. The van der Waals surface area contributed by atoms with E-state index in [9.17, 15) is 19.2 Å². The van der Waals surface area contributed by atoms with Gasteiger partial charge in [0.1, 0.15) is 16.5 Å². The van der Waals surface area contributed by atoms with Crippen molar-refractivity contribution in [3.63, 3.8) is 0 Å². The van der Waals surface area contributed by atoms with Crippen LogP contribution in [0.1, 0.15) is 18.1 Å². The number of aromatic nitrogens is 1. The van der Waals surface area contributed by atoms with E-state index < -0.39 is 11.7 Å². The van der Waals surface area contributed by atoms with Gasteiger partial charge in [-0.3, -0.25) is 14.2 Å². The van der Waals surface area contributed by atoms with Crippen LogP contribution < -0.4 is 14.8 Å². The maximum atomic E-state index is 13.6. The molecule has 1 aliphatic rings. The second-order valence-corrected chi connectivity index (χ2v) is 9.19. The molecule has 0 N–H and O–H groups in total. The summed E-state index contributed by atoms with van der Waals surface area (Å²) in [5.41, 5.74) is 1.86. The standard InChI is InChI=1S/C26H25FN4O2S/c1-3-29-11-13-30(14-12-29)24(32)22(17-28)26-31(21-9-7-20(27)8-10-21)25(33)23(34-26)16-19-6-4-5-18(2)15-19/h4-10,15-16H,3,11-14H2,1-2H3/b23-16-,26-22-. The van der Waals surface area contributed by atoms with Crippen molar-refractivity contribution >= 4 is 28.9 Å². The fourth-order valence-corrected chi connectivity index (χ4v) is 5.09. The molecule has 0 saturated carbocycles. The summed E-state index contributed by atoms with van der Waals surface area (Å²) in [5, 5.41) is 10.00. The van der Waals surface area contributed by atoms with E-state index in [4.69, 9.17) is 0 Å². The molecule has 34 heavy (non-hydrogen) atoms. The number of likely N-dealkylation sites (N-methyl/N-ethyl adjacent to an activating group) is 1. The molecular weight excluding hydrogens is 451 g/mol. The molecule has 1 saturated heterocycles. The lowest BCUT2D eigenvalue weighted by Gasteiger charge is -2.33. The SMILES string of the molecule is CCN1CCN(C(=O)/C(C#N)=c2\s/c(=C\c3cccc(C)c3)c(=O)n2-c2ccc(F)cc2)CC1. The molecule has 1 aromatic heterocycles. The highest BCUT2D eigenvalue weighted by atomic mass is 32.1. The molecule has 1 amide bonds. The molecule has 0 bridgehead atoms. The molecule has 1 fully saturated rings. The number of amides is 1. The van der Waals surface area contributed by atoms with Gasteiger partial charge in [-0.2, -0.15) is 5.26 Å². The van der Waals surface area contributed by atoms with Crippen molar-refractivity contribution in [3.05, 3.63) is 85.0 Å². The zero-order valence-electron chi connectivity index (χ0n) is 19.1. The highest BCUT2D eigenvalue weighted by molar-refractivity contribution is 7.07. The van der Waals surface area contributed by atoms with Crippen molar-refractivity contribution in [2.24, 2.45) is 0 Å². The number of aryl methyl sites for hydroxylation is 1. The van der Waals surface area contributed by atoms with Crippen LogP contribution in [0.5, 0.6) is 0 Å². The molecule has 0 unspecified atom stereocenters. The molecule has 2 aromatic carbocycles. The van der Waals surface area contributed by atoms with E-state index in [0.717, 1.165) is 42.1 Å². The highest BCUT2D eigenvalue weighted by Crippen LogP contribution is 2.10. The molecule has 0 aliphatic carbocycles. The molecule has 6 nitrogen and oxygen atoms in total. The molecule has 0 atom stereocenters. The summed E-state index contributed by atoms with van der Waals surface area (Å²) in [6.45, 7) is 7.46. The van der Waals surface area contributed by atoms with Gasteiger partial charge in [-0.1, -0.05) is 36.8 Å². The number of carbonyl (C=O) groups is 1. The quantitative estimate of drug-likeness (QED) is 0.578. The van der Waals surface area contributed by atoms with Crippen LogP contribution >= 0.6 is 11.3 Å². The third kappa shape index (κ3) is 4.86. The number of rotatable bonds is 4. The largest absolute Gasteiger partial charge is 0.335 e. The molecule has 1 aliphatic heterocycles. The predicted molar refractivity (Wildman–Crippen MR) is 132 cm³/mol. The minimum Gasteiger partial charge on any atom is -0.335 e. The van der Waals surface area contributed by atoms with E-state index in [1.807, 2.05) is 31.2 Å². The Kier molecular flexibility index (Phi) is 7.06. The zero-order valence-corrected chi connectivity index (χ0v) is 19.9. The Bertz CT molecular complexity index is 1430. The third-order valence-electron chi connectivity index (χ3n) is 5.89. The number of piperazine rings is 1. The Balaban J connectivity index is 1.92. The lowest BCUT2D eigenvalue weighted by Crippen LogP contribution is -2.49. The van der Waals surface area contributed by atoms with Gasteiger partial charge < -0.3 is 9.80 Å². The normalized spacial score (nSPS) is 15.8. The number of nitrogens with zero attached hydrogens (tertiary/aromatic N) is 4. The summed E-state index contributed by atoms with van der Waals surface area (Å²) < 4.78 is 15.6. The Morgan fingerprint density at radius 3 is 2.47 bits per heavy atom. The van der Waals surface area contributed by atoms with E-state index in [1.165, 1.54) is 28.8 Å². The first-order chi connectivity index (χ1) is 16.4. The van der Waals surface area contributed by atoms with E-state index in [-0.39, 0.29) is 15.8 Å². The smallest absolute Gasteiger partial charge is 0.273 e. The van der Waals surface area contributed by atoms with Crippen molar-refractivity contribution in [3.8, 4) is 11.8 Å². The van der Waals surface area contributed by atoms with Crippen LogP contribution in [0.2, 0.25) is 0 Å². The zero-order chi connectivity index (χ0) is 24.2. The first-order valence-corrected chi connectivity index (χ1v) is 11.9. The molecule has 174 valence electrons. The molecule has 2 heterocycles. The number of hydrogen-bond acceptors (Lipinski definition) is 5. The lowest BCUT2D eigenvalue weighted by atomic mass is 10.1. The van der Waals surface area contributed by atoms with Crippen LogP contribution in [-0.4, -0.2) is 53.0 Å². The van der Waals surface area contributed by atoms with Gasteiger partial charge in [-0.05, 0) is 49.4 Å². The van der Waals surface area contributed by atoms with E-state index in [2.05, 4.69) is 17.9 Å². The molecule has 8 heteroatoms. The second-order valence-electron chi connectivity index (χ2n) is 8.16. The molecule has 4 rings (SSSR count). The van der Waals surface area contributed by atoms with Crippen LogP contribution in [-0.2, 0) is 4.79 Å². The van der Waals surface area contributed by atoms with Gasteiger partial charge in [0.2, 0.25) is 0 Å². The summed E-state index contributed by atoms with van der Waals surface area (Å²) in [7, 11) is 0. The number of carbonyl (C=O) groups excluding carboxylic acids is 1. The number of thiazole rings is 1.